The van der Waals surface area contributed by atoms with Crippen molar-refractivity contribution in [2.24, 2.45) is 0 Å². The van der Waals surface area contributed by atoms with Gasteiger partial charge in [-0.25, -0.2) is 4.79 Å². The van der Waals surface area contributed by atoms with E-state index < -0.39 is 0 Å². The van der Waals surface area contributed by atoms with E-state index in [0.717, 1.165) is 24.9 Å². The topological polar surface area (TPSA) is 29.5 Å². The Bertz CT molecular complexity index is 349. The van der Waals surface area contributed by atoms with Gasteiger partial charge in [-0.2, -0.15) is 0 Å². The van der Waals surface area contributed by atoms with Gasteiger partial charge >= 0.3 is 5.97 Å². The van der Waals surface area contributed by atoms with Crippen LogP contribution in [0.3, 0.4) is 0 Å². The molecule has 4 heteroatoms. The number of nitrogens with zero attached hydrogens (tertiary/aromatic N) is 1. The van der Waals surface area contributed by atoms with Crippen molar-refractivity contribution in [2.75, 3.05) is 25.6 Å². The lowest BCUT2D eigenvalue weighted by molar-refractivity contribution is 0.0498. The number of benzene rings is 1. The van der Waals surface area contributed by atoms with E-state index in [1.807, 2.05) is 31.1 Å². The first-order chi connectivity index (χ1) is 8.15. The molecule has 0 saturated carbocycles. The minimum absolute atomic E-state index is 0. The summed E-state index contributed by atoms with van der Waals surface area (Å²) in [5.41, 5.74) is 1.69. The molecule has 0 bridgehead atoms. The first-order valence-corrected chi connectivity index (χ1v) is 6.09. The van der Waals surface area contributed by atoms with Gasteiger partial charge in [-0.05, 0) is 30.7 Å². The number of ether oxygens (including phenoxy) is 1. The summed E-state index contributed by atoms with van der Waals surface area (Å²) in [6.45, 7) is 2.64. The van der Waals surface area contributed by atoms with Crippen molar-refractivity contribution in [2.45, 2.75) is 26.2 Å². The van der Waals surface area contributed by atoms with Gasteiger partial charge in [-0.3, -0.25) is 0 Å². The van der Waals surface area contributed by atoms with E-state index >= 15 is 0 Å². The lowest BCUT2D eigenvalue weighted by Gasteiger charge is -2.12. The van der Waals surface area contributed by atoms with Gasteiger partial charge in [0.25, 0.3) is 0 Å². The minimum Gasteiger partial charge on any atom is -0.462 e. The molecule has 0 N–H and O–H groups in total. The van der Waals surface area contributed by atoms with Gasteiger partial charge in [0, 0.05) is 19.8 Å². The second-order valence-corrected chi connectivity index (χ2v) is 4.28. The third kappa shape index (κ3) is 5.41. The number of halogens is 1. The molecule has 0 aliphatic rings. The molecule has 0 spiro atoms. The first kappa shape index (κ1) is 16.8. The van der Waals surface area contributed by atoms with Gasteiger partial charge in [-0.15, -0.1) is 12.4 Å². The zero-order chi connectivity index (χ0) is 12.7. The van der Waals surface area contributed by atoms with Crippen LogP contribution in [0, 0.1) is 0 Å². The Labute approximate surface area is 116 Å². The molecule has 0 aromatic heterocycles. The van der Waals surface area contributed by atoms with Crippen LogP contribution in [0.5, 0.6) is 0 Å². The van der Waals surface area contributed by atoms with E-state index in [9.17, 15) is 4.79 Å². The van der Waals surface area contributed by atoms with Crippen LogP contribution in [0.4, 0.5) is 5.69 Å². The SMILES string of the molecule is CCCCCOC(=O)c1ccc(N(C)C)cc1.Cl. The smallest absolute Gasteiger partial charge is 0.338 e. The minimum atomic E-state index is -0.230. The Balaban J connectivity index is 0.00000289. The Kier molecular flexibility index (Phi) is 8.21. The molecule has 0 saturated heterocycles. The van der Waals surface area contributed by atoms with Crippen LogP contribution in [0.1, 0.15) is 36.5 Å². The van der Waals surface area contributed by atoms with Gasteiger partial charge in [0.1, 0.15) is 0 Å². The lowest BCUT2D eigenvalue weighted by Crippen LogP contribution is -2.10. The molecule has 0 heterocycles. The fraction of sp³-hybridized carbons (Fsp3) is 0.500. The number of hydrogen-bond donors (Lipinski definition) is 0. The third-order valence-electron chi connectivity index (χ3n) is 2.60. The standard InChI is InChI=1S/C14H21NO2.ClH/c1-4-5-6-11-17-14(16)12-7-9-13(10-8-12)15(2)3;/h7-10H,4-6,11H2,1-3H3;1H. The number of hydrogen-bond acceptors (Lipinski definition) is 3. The maximum Gasteiger partial charge on any atom is 0.338 e. The summed E-state index contributed by atoms with van der Waals surface area (Å²) >= 11 is 0. The van der Waals surface area contributed by atoms with Crippen LogP contribution < -0.4 is 4.90 Å². The maximum absolute atomic E-state index is 11.7. The molecule has 0 atom stereocenters. The molecule has 0 aliphatic heterocycles. The van der Waals surface area contributed by atoms with E-state index in [1.165, 1.54) is 0 Å². The van der Waals surface area contributed by atoms with Crippen molar-refractivity contribution >= 4 is 24.1 Å². The number of rotatable bonds is 6. The van der Waals surface area contributed by atoms with E-state index in [-0.39, 0.29) is 18.4 Å². The molecular weight excluding hydrogens is 250 g/mol. The summed E-state index contributed by atoms with van der Waals surface area (Å²) < 4.78 is 5.18. The van der Waals surface area contributed by atoms with Crippen molar-refractivity contribution in [3.8, 4) is 0 Å². The van der Waals surface area contributed by atoms with Gasteiger partial charge in [0.2, 0.25) is 0 Å². The number of anilines is 1. The highest BCUT2D eigenvalue weighted by molar-refractivity contribution is 5.89. The first-order valence-electron chi connectivity index (χ1n) is 6.09. The van der Waals surface area contributed by atoms with Gasteiger partial charge in [0.05, 0.1) is 12.2 Å². The molecule has 0 amide bonds. The van der Waals surface area contributed by atoms with Crippen molar-refractivity contribution in [3.63, 3.8) is 0 Å². The van der Waals surface area contributed by atoms with Crippen LogP contribution in [-0.2, 0) is 4.74 Å². The average Bonchev–Trinajstić information content (AvgIpc) is 2.34. The second kappa shape index (κ2) is 8.81. The summed E-state index contributed by atoms with van der Waals surface area (Å²) in [6, 6.07) is 7.44. The number of carbonyl (C=O) groups is 1. The van der Waals surface area contributed by atoms with Crippen molar-refractivity contribution in [1.82, 2.24) is 0 Å². The number of unbranched alkanes of at least 4 members (excludes halogenated alkanes) is 2. The fourth-order valence-electron chi connectivity index (χ4n) is 1.50. The molecule has 0 radical (unpaired) electrons. The largest absolute Gasteiger partial charge is 0.462 e. The molecular formula is C14H22ClNO2. The molecule has 0 aliphatic carbocycles. The number of carbonyl (C=O) groups excluding carboxylic acids is 1. The summed E-state index contributed by atoms with van der Waals surface area (Å²) in [7, 11) is 3.94. The molecule has 102 valence electrons. The van der Waals surface area contributed by atoms with E-state index in [1.54, 1.807) is 12.1 Å². The monoisotopic (exact) mass is 271 g/mol. The van der Waals surface area contributed by atoms with E-state index in [0.29, 0.717) is 12.2 Å². The summed E-state index contributed by atoms with van der Waals surface area (Å²) in [5, 5.41) is 0. The molecule has 0 fully saturated rings. The van der Waals surface area contributed by atoms with Crippen LogP contribution in [0.25, 0.3) is 0 Å². The highest BCUT2D eigenvalue weighted by atomic mass is 35.5. The summed E-state index contributed by atoms with van der Waals surface area (Å²) in [4.78, 5) is 13.6. The fourth-order valence-corrected chi connectivity index (χ4v) is 1.50. The highest BCUT2D eigenvalue weighted by Gasteiger charge is 2.06. The maximum atomic E-state index is 11.7. The zero-order valence-electron chi connectivity index (χ0n) is 11.3. The zero-order valence-corrected chi connectivity index (χ0v) is 12.1. The normalized spacial score (nSPS) is 9.50. The van der Waals surface area contributed by atoms with Gasteiger partial charge in [0.15, 0.2) is 0 Å². The molecule has 18 heavy (non-hydrogen) atoms. The van der Waals surface area contributed by atoms with Gasteiger partial charge < -0.3 is 9.64 Å². The Morgan fingerprint density at radius 2 is 1.78 bits per heavy atom. The quantitative estimate of drug-likeness (QED) is 0.586. The Morgan fingerprint density at radius 1 is 1.17 bits per heavy atom. The molecule has 1 aromatic carbocycles. The molecule has 1 aromatic rings. The highest BCUT2D eigenvalue weighted by Crippen LogP contribution is 2.13. The summed E-state index contributed by atoms with van der Waals surface area (Å²) in [5.74, 6) is -0.230. The van der Waals surface area contributed by atoms with Crippen molar-refractivity contribution in [3.05, 3.63) is 29.8 Å². The van der Waals surface area contributed by atoms with E-state index in [2.05, 4.69) is 6.92 Å². The molecule has 3 nitrogen and oxygen atoms in total. The van der Waals surface area contributed by atoms with Crippen LogP contribution in [0.15, 0.2) is 24.3 Å². The van der Waals surface area contributed by atoms with Crippen LogP contribution in [0.2, 0.25) is 0 Å². The Morgan fingerprint density at radius 3 is 2.28 bits per heavy atom. The molecule has 0 unspecified atom stereocenters. The van der Waals surface area contributed by atoms with Crippen LogP contribution in [-0.4, -0.2) is 26.7 Å². The number of esters is 1. The van der Waals surface area contributed by atoms with Crippen molar-refractivity contribution < 1.29 is 9.53 Å². The van der Waals surface area contributed by atoms with Crippen molar-refractivity contribution in [1.29, 1.82) is 0 Å². The second-order valence-electron chi connectivity index (χ2n) is 4.28. The predicted octanol–water partition coefficient (Wildman–Crippen LogP) is 3.52. The third-order valence-corrected chi connectivity index (χ3v) is 2.60. The Hall–Kier alpha value is -1.22. The van der Waals surface area contributed by atoms with Gasteiger partial charge in [-0.1, -0.05) is 19.8 Å². The predicted molar refractivity (Wildman–Crippen MR) is 77.8 cm³/mol. The summed E-state index contributed by atoms with van der Waals surface area (Å²) in [6.07, 6.45) is 3.18. The lowest BCUT2D eigenvalue weighted by atomic mass is 10.2. The van der Waals surface area contributed by atoms with Crippen LogP contribution >= 0.6 is 12.4 Å². The average molecular weight is 272 g/mol. The molecule has 1 rings (SSSR count). The van der Waals surface area contributed by atoms with E-state index in [4.69, 9.17) is 4.74 Å².